The zero-order chi connectivity index (χ0) is 15.6. The lowest BCUT2D eigenvalue weighted by atomic mass is 9.86. The summed E-state index contributed by atoms with van der Waals surface area (Å²) in [6.07, 6.45) is 3.98. The first-order valence-electron chi connectivity index (χ1n) is 7.87. The molecular weight excluding hydrogens is 262 g/mol. The molecule has 0 aliphatic carbocycles. The standard InChI is InChI=1S/C18H25NO2/c1-5-6-7-8-14-17(20)16(18(21)19-14)15-12(3)9-11(2)10-13(15)4/h9-10,14,16H,5-8H2,1-4H3,(H,19,21). The summed E-state index contributed by atoms with van der Waals surface area (Å²) in [5.41, 5.74) is 4.14. The van der Waals surface area contributed by atoms with Crippen LogP contribution in [0.5, 0.6) is 0 Å². The van der Waals surface area contributed by atoms with Crippen molar-refractivity contribution in [2.75, 3.05) is 0 Å². The first kappa shape index (κ1) is 15.7. The maximum atomic E-state index is 12.6. The lowest BCUT2D eigenvalue weighted by molar-refractivity contribution is -0.124. The van der Waals surface area contributed by atoms with E-state index in [4.69, 9.17) is 0 Å². The first-order chi connectivity index (χ1) is 9.95. The van der Waals surface area contributed by atoms with Crippen LogP contribution in [0.25, 0.3) is 0 Å². The Hall–Kier alpha value is -1.64. The Labute approximate surface area is 127 Å². The van der Waals surface area contributed by atoms with Crippen molar-refractivity contribution in [1.29, 1.82) is 0 Å². The zero-order valence-electron chi connectivity index (χ0n) is 13.5. The summed E-state index contributed by atoms with van der Waals surface area (Å²) < 4.78 is 0. The largest absolute Gasteiger partial charge is 0.345 e. The van der Waals surface area contributed by atoms with Crippen LogP contribution >= 0.6 is 0 Å². The van der Waals surface area contributed by atoms with E-state index in [0.717, 1.165) is 42.4 Å². The number of carbonyl (C=O) groups is 2. The molecule has 1 N–H and O–H groups in total. The first-order valence-corrected chi connectivity index (χ1v) is 7.87. The molecule has 0 bridgehead atoms. The smallest absolute Gasteiger partial charge is 0.235 e. The molecule has 3 heteroatoms. The molecular formula is C18H25NO2. The molecule has 1 aliphatic heterocycles. The number of unbranched alkanes of at least 4 members (excludes halogenated alkanes) is 2. The fraction of sp³-hybridized carbons (Fsp3) is 0.556. The van der Waals surface area contributed by atoms with Crippen molar-refractivity contribution < 1.29 is 9.59 Å². The summed E-state index contributed by atoms with van der Waals surface area (Å²) in [6.45, 7) is 8.14. The van der Waals surface area contributed by atoms with Crippen LogP contribution in [0, 0.1) is 20.8 Å². The highest BCUT2D eigenvalue weighted by Gasteiger charge is 2.42. The molecule has 2 unspecified atom stereocenters. The predicted molar refractivity (Wildman–Crippen MR) is 84.5 cm³/mol. The van der Waals surface area contributed by atoms with Gasteiger partial charge in [0.05, 0.1) is 6.04 Å². The highest BCUT2D eigenvalue weighted by molar-refractivity contribution is 6.15. The third-order valence-corrected chi connectivity index (χ3v) is 4.33. The van der Waals surface area contributed by atoms with Crippen LogP contribution < -0.4 is 5.32 Å². The van der Waals surface area contributed by atoms with E-state index in [1.54, 1.807) is 0 Å². The van der Waals surface area contributed by atoms with Crippen molar-refractivity contribution in [3.05, 3.63) is 34.4 Å². The molecule has 1 heterocycles. The average molecular weight is 287 g/mol. The Morgan fingerprint density at radius 1 is 1.05 bits per heavy atom. The van der Waals surface area contributed by atoms with Gasteiger partial charge >= 0.3 is 0 Å². The number of hydrogen-bond acceptors (Lipinski definition) is 2. The summed E-state index contributed by atoms with van der Waals surface area (Å²) in [5, 5.41) is 2.89. The Balaban J connectivity index is 2.25. The molecule has 0 aromatic heterocycles. The summed E-state index contributed by atoms with van der Waals surface area (Å²) in [4.78, 5) is 24.9. The fourth-order valence-corrected chi connectivity index (χ4v) is 3.39. The molecule has 0 radical (unpaired) electrons. The number of benzene rings is 1. The van der Waals surface area contributed by atoms with Crippen LogP contribution in [0.2, 0.25) is 0 Å². The second-order valence-corrected chi connectivity index (χ2v) is 6.20. The number of amides is 1. The Morgan fingerprint density at radius 3 is 2.24 bits per heavy atom. The van der Waals surface area contributed by atoms with Gasteiger partial charge < -0.3 is 5.32 Å². The maximum Gasteiger partial charge on any atom is 0.235 e. The second-order valence-electron chi connectivity index (χ2n) is 6.20. The molecule has 114 valence electrons. The molecule has 3 nitrogen and oxygen atoms in total. The summed E-state index contributed by atoms with van der Waals surface area (Å²) in [5.74, 6) is -0.695. The van der Waals surface area contributed by atoms with Crippen molar-refractivity contribution in [3.63, 3.8) is 0 Å². The molecule has 21 heavy (non-hydrogen) atoms. The van der Waals surface area contributed by atoms with E-state index in [0.29, 0.717) is 0 Å². The van der Waals surface area contributed by atoms with Crippen molar-refractivity contribution in [2.45, 2.75) is 65.3 Å². The number of carbonyl (C=O) groups excluding carboxylic acids is 2. The number of aryl methyl sites for hydroxylation is 3. The fourth-order valence-electron chi connectivity index (χ4n) is 3.39. The average Bonchev–Trinajstić information content (AvgIpc) is 2.66. The highest BCUT2D eigenvalue weighted by Crippen LogP contribution is 2.31. The van der Waals surface area contributed by atoms with Crippen LogP contribution in [0.15, 0.2) is 12.1 Å². The predicted octanol–water partition coefficient (Wildman–Crippen LogP) is 3.34. The highest BCUT2D eigenvalue weighted by atomic mass is 16.2. The minimum Gasteiger partial charge on any atom is -0.345 e. The van der Waals surface area contributed by atoms with Gasteiger partial charge in [0.2, 0.25) is 5.91 Å². The van der Waals surface area contributed by atoms with Gasteiger partial charge in [-0.05, 0) is 43.9 Å². The maximum absolute atomic E-state index is 12.6. The van der Waals surface area contributed by atoms with E-state index in [9.17, 15) is 9.59 Å². The van der Waals surface area contributed by atoms with Gasteiger partial charge in [0.1, 0.15) is 5.92 Å². The van der Waals surface area contributed by atoms with E-state index >= 15 is 0 Å². The van der Waals surface area contributed by atoms with Gasteiger partial charge in [-0.15, -0.1) is 0 Å². The molecule has 2 rings (SSSR count). The molecule has 1 aliphatic rings. The van der Waals surface area contributed by atoms with Crippen LogP contribution in [-0.2, 0) is 9.59 Å². The topological polar surface area (TPSA) is 46.2 Å². The summed E-state index contributed by atoms with van der Waals surface area (Å²) in [6, 6.07) is 3.80. The number of nitrogens with one attached hydrogen (secondary N) is 1. The Kier molecular flexibility index (Phi) is 4.81. The van der Waals surface area contributed by atoms with Gasteiger partial charge in [0.25, 0.3) is 0 Å². The monoisotopic (exact) mass is 287 g/mol. The van der Waals surface area contributed by atoms with E-state index in [2.05, 4.69) is 12.2 Å². The Bertz CT molecular complexity index is 539. The van der Waals surface area contributed by atoms with Crippen molar-refractivity contribution in [1.82, 2.24) is 5.32 Å². The minimum absolute atomic E-state index is 0.0474. The van der Waals surface area contributed by atoms with E-state index in [-0.39, 0.29) is 17.7 Å². The summed E-state index contributed by atoms with van der Waals surface area (Å²) >= 11 is 0. The van der Waals surface area contributed by atoms with Crippen LogP contribution in [-0.4, -0.2) is 17.7 Å². The lowest BCUT2D eigenvalue weighted by Gasteiger charge is -2.15. The SMILES string of the molecule is CCCCCC1NC(=O)C(c2c(C)cc(C)cc2C)C1=O. The van der Waals surface area contributed by atoms with Crippen LogP contribution in [0.4, 0.5) is 0 Å². The number of rotatable bonds is 5. The van der Waals surface area contributed by atoms with Gasteiger partial charge in [0.15, 0.2) is 5.78 Å². The van der Waals surface area contributed by atoms with E-state index < -0.39 is 5.92 Å². The minimum atomic E-state index is -0.614. The lowest BCUT2D eigenvalue weighted by Crippen LogP contribution is -2.28. The zero-order valence-corrected chi connectivity index (χ0v) is 13.5. The number of hydrogen-bond donors (Lipinski definition) is 1. The van der Waals surface area contributed by atoms with Crippen molar-refractivity contribution >= 4 is 11.7 Å². The van der Waals surface area contributed by atoms with Crippen molar-refractivity contribution in [2.24, 2.45) is 0 Å². The number of Topliss-reactive ketones (excluding diaryl/α,β-unsaturated/α-hetero) is 1. The third-order valence-electron chi connectivity index (χ3n) is 4.33. The molecule has 0 spiro atoms. The van der Waals surface area contributed by atoms with E-state index in [1.807, 2.05) is 32.9 Å². The van der Waals surface area contributed by atoms with Crippen molar-refractivity contribution in [3.8, 4) is 0 Å². The van der Waals surface area contributed by atoms with Gasteiger partial charge in [-0.25, -0.2) is 0 Å². The normalized spacial score (nSPS) is 21.7. The summed E-state index contributed by atoms with van der Waals surface area (Å²) in [7, 11) is 0. The number of ketones is 1. The molecule has 1 aromatic rings. The van der Waals surface area contributed by atoms with Gasteiger partial charge in [-0.1, -0.05) is 43.9 Å². The molecule has 0 saturated carbocycles. The molecule has 1 fully saturated rings. The van der Waals surface area contributed by atoms with Gasteiger partial charge in [-0.3, -0.25) is 9.59 Å². The van der Waals surface area contributed by atoms with E-state index in [1.165, 1.54) is 5.56 Å². The van der Waals surface area contributed by atoms with Gasteiger partial charge in [0, 0.05) is 0 Å². The molecule has 1 saturated heterocycles. The van der Waals surface area contributed by atoms with Crippen LogP contribution in [0.1, 0.15) is 60.8 Å². The third kappa shape index (κ3) is 3.17. The molecule has 1 aromatic carbocycles. The molecule has 1 amide bonds. The second kappa shape index (κ2) is 6.42. The quantitative estimate of drug-likeness (QED) is 0.667. The Morgan fingerprint density at radius 2 is 1.67 bits per heavy atom. The van der Waals surface area contributed by atoms with Crippen LogP contribution in [0.3, 0.4) is 0 Å². The molecule has 2 atom stereocenters. The van der Waals surface area contributed by atoms with Gasteiger partial charge in [-0.2, -0.15) is 0 Å².